The van der Waals surface area contributed by atoms with Crippen molar-refractivity contribution in [2.24, 2.45) is 0 Å². The average molecular weight is 346 g/mol. The van der Waals surface area contributed by atoms with E-state index in [0.29, 0.717) is 19.4 Å². The summed E-state index contributed by atoms with van der Waals surface area (Å²) in [4.78, 5) is 22.1. The van der Waals surface area contributed by atoms with Gasteiger partial charge in [0.15, 0.2) is 0 Å². The van der Waals surface area contributed by atoms with Crippen LogP contribution in [0, 0.1) is 3.57 Å². The molecule has 0 aromatic heterocycles. The molecule has 5 heteroatoms. The van der Waals surface area contributed by atoms with E-state index in [9.17, 15) is 9.59 Å². The Morgan fingerprint density at radius 3 is 2.47 bits per heavy atom. The Kier molecular flexibility index (Phi) is 5.96. The molecule has 0 heterocycles. The molecule has 2 amide bonds. The maximum atomic E-state index is 11.5. The third-order valence-electron chi connectivity index (χ3n) is 2.08. The topological polar surface area (TPSA) is 58.2 Å². The van der Waals surface area contributed by atoms with E-state index in [-0.39, 0.29) is 11.8 Å². The number of nitrogens with one attached hydrogen (secondary N) is 2. The zero-order chi connectivity index (χ0) is 12.7. The molecular formula is C12H15IN2O2. The zero-order valence-electron chi connectivity index (χ0n) is 9.63. The summed E-state index contributed by atoms with van der Waals surface area (Å²) in [6.45, 7) is 2.00. The van der Waals surface area contributed by atoms with Gasteiger partial charge in [0.25, 0.3) is 0 Å². The lowest BCUT2D eigenvalue weighted by atomic mass is 10.2. The van der Waals surface area contributed by atoms with Crippen LogP contribution in [0.3, 0.4) is 0 Å². The quantitative estimate of drug-likeness (QED) is 0.634. The summed E-state index contributed by atoms with van der Waals surface area (Å²) < 4.78 is 1.13. The summed E-state index contributed by atoms with van der Waals surface area (Å²) in [5, 5.41) is 5.45. The van der Waals surface area contributed by atoms with Crippen molar-refractivity contribution in [2.75, 3.05) is 11.9 Å². The molecule has 4 nitrogen and oxygen atoms in total. The molecular weight excluding hydrogens is 331 g/mol. The highest BCUT2D eigenvalue weighted by Gasteiger charge is 2.02. The van der Waals surface area contributed by atoms with Crippen LogP contribution < -0.4 is 10.6 Å². The van der Waals surface area contributed by atoms with Crippen LogP contribution in [0.15, 0.2) is 24.3 Å². The van der Waals surface area contributed by atoms with Gasteiger partial charge in [0.2, 0.25) is 11.8 Å². The summed E-state index contributed by atoms with van der Waals surface area (Å²) in [6, 6.07) is 7.61. The van der Waals surface area contributed by atoms with Crippen molar-refractivity contribution in [3.8, 4) is 0 Å². The minimum absolute atomic E-state index is 0.0310. The van der Waals surface area contributed by atoms with Crippen molar-refractivity contribution in [1.82, 2.24) is 5.32 Å². The lowest BCUT2D eigenvalue weighted by Crippen LogP contribution is -2.22. The van der Waals surface area contributed by atoms with Gasteiger partial charge >= 0.3 is 0 Å². The minimum atomic E-state index is -0.0666. The second kappa shape index (κ2) is 7.26. The molecule has 2 N–H and O–H groups in total. The Morgan fingerprint density at radius 2 is 1.88 bits per heavy atom. The molecule has 0 aliphatic heterocycles. The molecule has 0 aliphatic rings. The van der Waals surface area contributed by atoms with Crippen LogP contribution in [-0.2, 0) is 9.59 Å². The molecule has 1 rings (SSSR count). The van der Waals surface area contributed by atoms with Gasteiger partial charge in [-0.1, -0.05) is 0 Å². The van der Waals surface area contributed by atoms with E-state index in [1.807, 2.05) is 24.3 Å². The van der Waals surface area contributed by atoms with Gasteiger partial charge in [-0.05, 0) is 53.3 Å². The summed E-state index contributed by atoms with van der Waals surface area (Å²) in [6.07, 6.45) is 1.06. The van der Waals surface area contributed by atoms with Gasteiger partial charge in [0.1, 0.15) is 0 Å². The number of carbonyl (C=O) groups excluding carboxylic acids is 2. The van der Waals surface area contributed by atoms with Crippen molar-refractivity contribution in [2.45, 2.75) is 19.8 Å². The Bertz CT molecular complexity index is 390. The van der Waals surface area contributed by atoms with Gasteiger partial charge in [0.05, 0.1) is 0 Å². The Labute approximate surface area is 114 Å². The van der Waals surface area contributed by atoms with E-state index in [1.54, 1.807) is 0 Å². The Hall–Kier alpha value is -1.11. The fourth-order valence-electron chi connectivity index (χ4n) is 1.27. The van der Waals surface area contributed by atoms with Crippen LogP contribution in [0.1, 0.15) is 19.8 Å². The molecule has 17 heavy (non-hydrogen) atoms. The summed E-state index contributed by atoms with van der Waals surface area (Å²) in [7, 11) is 0. The van der Waals surface area contributed by atoms with Crippen molar-refractivity contribution in [3.05, 3.63) is 27.8 Å². The van der Waals surface area contributed by atoms with Gasteiger partial charge in [-0.3, -0.25) is 9.59 Å². The molecule has 0 radical (unpaired) electrons. The van der Waals surface area contributed by atoms with Crippen LogP contribution in [0.5, 0.6) is 0 Å². The number of hydrogen-bond donors (Lipinski definition) is 2. The first kappa shape index (κ1) is 14.0. The number of benzene rings is 1. The predicted octanol–water partition coefficient (Wildman–Crippen LogP) is 2.15. The number of amides is 2. The summed E-state index contributed by atoms with van der Waals surface area (Å²) in [5.74, 6) is -0.0976. The van der Waals surface area contributed by atoms with E-state index >= 15 is 0 Å². The standard InChI is InChI=1S/C12H15IN2O2/c1-9(16)14-8-2-3-12(17)15-11-6-4-10(13)5-7-11/h4-7H,2-3,8H2,1H3,(H,14,16)(H,15,17). The number of carbonyl (C=O) groups is 2. The van der Waals surface area contributed by atoms with Crippen LogP contribution >= 0.6 is 22.6 Å². The first-order valence-corrected chi connectivity index (χ1v) is 6.45. The number of rotatable bonds is 5. The van der Waals surface area contributed by atoms with E-state index in [4.69, 9.17) is 0 Å². The number of halogens is 1. The highest BCUT2D eigenvalue weighted by atomic mass is 127. The summed E-state index contributed by atoms with van der Waals surface area (Å²) in [5.41, 5.74) is 0.801. The van der Waals surface area contributed by atoms with Gasteiger partial charge in [0, 0.05) is 29.1 Å². The van der Waals surface area contributed by atoms with Crippen LogP contribution in [0.4, 0.5) is 5.69 Å². The normalized spacial score (nSPS) is 9.76. The third-order valence-corrected chi connectivity index (χ3v) is 2.80. The lowest BCUT2D eigenvalue weighted by molar-refractivity contribution is -0.119. The molecule has 0 saturated carbocycles. The number of hydrogen-bond acceptors (Lipinski definition) is 2. The average Bonchev–Trinajstić information content (AvgIpc) is 2.27. The molecule has 92 valence electrons. The van der Waals surface area contributed by atoms with E-state index in [0.717, 1.165) is 9.26 Å². The number of anilines is 1. The molecule has 0 bridgehead atoms. The predicted molar refractivity (Wildman–Crippen MR) is 75.7 cm³/mol. The Balaban J connectivity index is 2.25. The van der Waals surface area contributed by atoms with E-state index < -0.39 is 0 Å². The molecule has 0 fully saturated rings. The third kappa shape index (κ3) is 6.25. The zero-order valence-corrected chi connectivity index (χ0v) is 11.8. The second-order valence-corrected chi connectivity index (χ2v) is 4.89. The SMILES string of the molecule is CC(=O)NCCCC(=O)Nc1ccc(I)cc1. The molecule has 0 atom stereocenters. The van der Waals surface area contributed by atoms with E-state index in [2.05, 4.69) is 33.2 Å². The Morgan fingerprint density at radius 1 is 1.24 bits per heavy atom. The smallest absolute Gasteiger partial charge is 0.224 e. The van der Waals surface area contributed by atoms with Crippen molar-refractivity contribution in [1.29, 1.82) is 0 Å². The first-order chi connectivity index (χ1) is 8.08. The summed E-state index contributed by atoms with van der Waals surface area (Å²) >= 11 is 2.21. The maximum absolute atomic E-state index is 11.5. The molecule has 0 saturated heterocycles. The van der Waals surface area contributed by atoms with E-state index in [1.165, 1.54) is 6.92 Å². The molecule has 0 unspecified atom stereocenters. The monoisotopic (exact) mass is 346 g/mol. The van der Waals surface area contributed by atoms with Crippen LogP contribution in [0.2, 0.25) is 0 Å². The highest BCUT2D eigenvalue weighted by molar-refractivity contribution is 14.1. The highest BCUT2D eigenvalue weighted by Crippen LogP contribution is 2.11. The van der Waals surface area contributed by atoms with Crippen molar-refractivity contribution < 1.29 is 9.59 Å². The van der Waals surface area contributed by atoms with Crippen molar-refractivity contribution in [3.63, 3.8) is 0 Å². The minimum Gasteiger partial charge on any atom is -0.356 e. The maximum Gasteiger partial charge on any atom is 0.224 e. The fourth-order valence-corrected chi connectivity index (χ4v) is 1.63. The molecule has 1 aromatic carbocycles. The first-order valence-electron chi connectivity index (χ1n) is 5.38. The van der Waals surface area contributed by atoms with Gasteiger partial charge in [-0.15, -0.1) is 0 Å². The second-order valence-electron chi connectivity index (χ2n) is 3.64. The van der Waals surface area contributed by atoms with Crippen LogP contribution in [0.25, 0.3) is 0 Å². The van der Waals surface area contributed by atoms with Gasteiger partial charge in [-0.2, -0.15) is 0 Å². The molecule has 0 aliphatic carbocycles. The lowest BCUT2D eigenvalue weighted by Gasteiger charge is -2.05. The van der Waals surface area contributed by atoms with Gasteiger partial charge in [-0.25, -0.2) is 0 Å². The largest absolute Gasteiger partial charge is 0.356 e. The van der Waals surface area contributed by atoms with Crippen molar-refractivity contribution >= 4 is 40.1 Å². The fraction of sp³-hybridized carbons (Fsp3) is 0.333. The molecule has 0 spiro atoms. The molecule has 1 aromatic rings. The van der Waals surface area contributed by atoms with Gasteiger partial charge < -0.3 is 10.6 Å². The van der Waals surface area contributed by atoms with Crippen LogP contribution in [-0.4, -0.2) is 18.4 Å².